The van der Waals surface area contributed by atoms with E-state index >= 15 is 0 Å². The molecule has 0 saturated heterocycles. The fraction of sp³-hybridized carbons (Fsp3) is 0.143. The fourth-order valence-corrected chi connectivity index (χ4v) is 1.83. The van der Waals surface area contributed by atoms with Gasteiger partial charge in [0.15, 0.2) is 11.6 Å². The third-order valence-corrected chi connectivity index (χ3v) is 2.70. The largest absolute Gasteiger partial charge is 0.493 e. The van der Waals surface area contributed by atoms with Crippen LogP contribution >= 0.6 is 0 Å². The highest BCUT2D eigenvalue weighted by atomic mass is 19.1. The molecule has 2 N–H and O–H groups in total. The van der Waals surface area contributed by atoms with Crippen LogP contribution in [-0.4, -0.2) is 7.11 Å². The lowest BCUT2D eigenvalue weighted by Gasteiger charge is -2.16. The average molecular weight is 231 g/mol. The lowest BCUT2D eigenvalue weighted by molar-refractivity contribution is 0.379. The summed E-state index contributed by atoms with van der Waals surface area (Å²) >= 11 is 0. The van der Waals surface area contributed by atoms with Gasteiger partial charge in [-0.1, -0.05) is 42.5 Å². The van der Waals surface area contributed by atoms with Gasteiger partial charge in [-0.25, -0.2) is 4.39 Å². The first-order chi connectivity index (χ1) is 8.24. The van der Waals surface area contributed by atoms with Crippen molar-refractivity contribution in [2.45, 2.75) is 6.04 Å². The van der Waals surface area contributed by atoms with Crippen LogP contribution in [-0.2, 0) is 0 Å². The van der Waals surface area contributed by atoms with Crippen molar-refractivity contribution in [3.63, 3.8) is 0 Å². The molecule has 2 nitrogen and oxygen atoms in total. The summed E-state index contributed by atoms with van der Waals surface area (Å²) in [6.07, 6.45) is 0. The number of benzene rings is 2. The van der Waals surface area contributed by atoms with Gasteiger partial charge in [-0.3, -0.25) is 0 Å². The van der Waals surface area contributed by atoms with E-state index in [2.05, 4.69) is 0 Å². The van der Waals surface area contributed by atoms with Gasteiger partial charge in [-0.05, 0) is 11.6 Å². The predicted octanol–water partition coefficient (Wildman–Crippen LogP) is 2.88. The second kappa shape index (κ2) is 4.97. The molecular formula is C14H14FNO. The molecule has 0 bridgehead atoms. The molecule has 0 aliphatic rings. The van der Waals surface area contributed by atoms with Crippen molar-refractivity contribution in [3.8, 4) is 5.75 Å². The summed E-state index contributed by atoms with van der Waals surface area (Å²) in [5.74, 6) is -0.180. The molecule has 0 amide bonds. The van der Waals surface area contributed by atoms with Gasteiger partial charge >= 0.3 is 0 Å². The lowest BCUT2D eigenvalue weighted by atomic mass is 9.99. The highest BCUT2D eigenvalue weighted by molar-refractivity contribution is 5.42. The SMILES string of the molecule is COc1c(F)cccc1C(N)c1ccccc1. The minimum atomic E-state index is -0.392. The third kappa shape index (κ3) is 2.29. The maximum absolute atomic E-state index is 13.5. The molecule has 1 atom stereocenters. The highest BCUT2D eigenvalue weighted by Crippen LogP contribution is 2.30. The molecule has 0 radical (unpaired) electrons. The first-order valence-electron chi connectivity index (χ1n) is 5.37. The summed E-state index contributed by atoms with van der Waals surface area (Å²) in [4.78, 5) is 0. The molecule has 17 heavy (non-hydrogen) atoms. The average Bonchev–Trinajstić information content (AvgIpc) is 2.38. The van der Waals surface area contributed by atoms with Gasteiger partial charge in [-0.15, -0.1) is 0 Å². The normalized spacial score (nSPS) is 12.2. The number of ether oxygens (including phenoxy) is 1. The quantitative estimate of drug-likeness (QED) is 0.881. The zero-order valence-electron chi connectivity index (χ0n) is 9.56. The number of hydrogen-bond donors (Lipinski definition) is 1. The Morgan fingerprint density at radius 2 is 1.76 bits per heavy atom. The van der Waals surface area contributed by atoms with Crippen molar-refractivity contribution in [1.29, 1.82) is 0 Å². The number of para-hydroxylation sites is 1. The second-order valence-electron chi connectivity index (χ2n) is 3.75. The molecule has 0 aliphatic carbocycles. The van der Waals surface area contributed by atoms with Crippen LogP contribution in [0.5, 0.6) is 5.75 Å². The van der Waals surface area contributed by atoms with Crippen LogP contribution in [0.3, 0.4) is 0 Å². The van der Waals surface area contributed by atoms with E-state index in [4.69, 9.17) is 10.5 Å². The fourth-order valence-electron chi connectivity index (χ4n) is 1.83. The molecule has 2 aromatic carbocycles. The molecule has 88 valence electrons. The summed E-state index contributed by atoms with van der Waals surface area (Å²) in [6.45, 7) is 0. The Bertz CT molecular complexity index is 499. The standard InChI is InChI=1S/C14H14FNO/c1-17-14-11(8-5-9-12(14)15)13(16)10-6-3-2-4-7-10/h2-9,13H,16H2,1H3. The Balaban J connectivity index is 2.44. The van der Waals surface area contributed by atoms with Gasteiger partial charge in [0.25, 0.3) is 0 Å². The first-order valence-corrected chi connectivity index (χ1v) is 5.37. The van der Waals surface area contributed by atoms with Crippen molar-refractivity contribution in [2.24, 2.45) is 5.73 Å². The molecule has 3 heteroatoms. The first kappa shape index (κ1) is 11.6. The van der Waals surface area contributed by atoms with E-state index in [0.29, 0.717) is 5.56 Å². The summed E-state index contributed by atoms with van der Waals surface area (Å²) in [7, 11) is 1.44. The summed E-state index contributed by atoms with van der Waals surface area (Å²) in [6, 6.07) is 13.9. The highest BCUT2D eigenvalue weighted by Gasteiger charge is 2.16. The van der Waals surface area contributed by atoms with Crippen LogP contribution in [0.15, 0.2) is 48.5 Å². The van der Waals surface area contributed by atoms with Gasteiger partial charge in [0.2, 0.25) is 0 Å². The number of methoxy groups -OCH3 is 1. The van der Waals surface area contributed by atoms with Crippen molar-refractivity contribution in [3.05, 3.63) is 65.5 Å². The van der Waals surface area contributed by atoms with E-state index in [1.54, 1.807) is 12.1 Å². The summed E-state index contributed by atoms with van der Waals surface area (Å²) in [5.41, 5.74) is 7.69. The van der Waals surface area contributed by atoms with E-state index < -0.39 is 5.82 Å². The molecule has 2 aromatic rings. The van der Waals surface area contributed by atoms with Gasteiger partial charge in [0, 0.05) is 5.56 Å². The third-order valence-electron chi connectivity index (χ3n) is 2.70. The molecule has 0 spiro atoms. The van der Waals surface area contributed by atoms with Crippen LogP contribution in [0, 0.1) is 5.82 Å². The maximum atomic E-state index is 13.5. The molecule has 0 aliphatic heterocycles. The minimum Gasteiger partial charge on any atom is -0.493 e. The van der Waals surface area contributed by atoms with Crippen LogP contribution in [0.1, 0.15) is 17.2 Å². The Hall–Kier alpha value is -1.87. The van der Waals surface area contributed by atoms with Crippen molar-refractivity contribution < 1.29 is 9.13 Å². The Labute approximate surface area is 99.8 Å². The van der Waals surface area contributed by atoms with E-state index in [1.807, 2.05) is 30.3 Å². The summed E-state index contributed by atoms with van der Waals surface area (Å²) in [5, 5.41) is 0. The number of halogens is 1. The smallest absolute Gasteiger partial charge is 0.165 e. The van der Waals surface area contributed by atoms with E-state index in [9.17, 15) is 4.39 Å². The van der Waals surface area contributed by atoms with Crippen molar-refractivity contribution >= 4 is 0 Å². The summed E-state index contributed by atoms with van der Waals surface area (Å²) < 4.78 is 18.6. The second-order valence-corrected chi connectivity index (χ2v) is 3.75. The minimum absolute atomic E-state index is 0.212. The van der Waals surface area contributed by atoms with E-state index in [1.165, 1.54) is 13.2 Å². The molecule has 1 unspecified atom stereocenters. The molecule has 0 aromatic heterocycles. The van der Waals surface area contributed by atoms with Crippen LogP contribution in [0.4, 0.5) is 4.39 Å². The van der Waals surface area contributed by atoms with Crippen molar-refractivity contribution in [1.82, 2.24) is 0 Å². The van der Waals surface area contributed by atoms with E-state index in [-0.39, 0.29) is 11.8 Å². The van der Waals surface area contributed by atoms with Gasteiger partial charge in [-0.2, -0.15) is 0 Å². The van der Waals surface area contributed by atoms with Gasteiger partial charge in [0.1, 0.15) is 0 Å². The Morgan fingerprint density at radius 3 is 2.41 bits per heavy atom. The molecule has 0 saturated carbocycles. The number of nitrogens with two attached hydrogens (primary N) is 1. The number of hydrogen-bond acceptors (Lipinski definition) is 2. The monoisotopic (exact) mass is 231 g/mol. The van der Waals surface area contributed by atoms with E-state index in [0.717, 1.165) is 5.56 Å². The lowest BCUT2D eigenvalue weighted by Crippen LogP contribution is -2.13. The number of rotatable bonds is 3. The zero-order valence-corrected chi connectivity index (χ0v) is 9.56. The van der Waals surface area contributed by atoms with Gasteiger partial charge < -0.3 is 10.5 Å². The maximum Gasteiger partial charge on any atom is 0.165 e. The Morgan fingerprint density at radius 1 is 1.06 bits per heavy atom. The predicted molar refractivity (Wildman–Crippen MR) is 65.4 cm³/mol. The van der Waals surface area contributed by atoms with Crippen molar-refractivity contribution in [2.75, 3.05) is 7.11 Å². The molecule has 0 fully saturated rings. The molecular weight excluding hydrogens is 217 g/mol. The zero-order chi connectivity index (χ0) is 12.3. The van der Waals surface area contributed by atoms with Crippen LogP contribution < -0.4 is 10.5 Å². The Kier molecular flexibility index (Phi) is 3.40. The molecule has 2 rings (SSSR count). The topological polar surface area (TPSA) is 35.2 Å². The van der Waals surface area contributed by atoms with Crippen LogP contribution in [0.2, 0.25) is 0 Å². The molecule has 0 heterocycles. The van der Waals surface area contributed by atoms with Crippen LogP contribution in [0.25, 0.3) is 0 Å². The van der Waals surface area contributed by atoms with Gasteiger partial charge in [0.05, 0.1) is 13.2 Å².